The molecule has 1 aromatic rings. The largest absolute Gasteiger partial charge is 0.236 e. The topological polar surface area (TPSA) is 38.5 Å². The highest BCUT2D eigenvalue weighted by atomic mass is 32.2. The van der Waals surface area contributed by atoms with Gasteiger partial charge >= 0.3 is 0 Å². The van der Waals surface area contributed by atoms with Crippen molar-refractivity contribution in [3.8, 4) is 0 Å². The van der Waals surface area contributed by atoms with Crippen LogP contribution < -0.4 is 0 Å². The molecule has 0 radical (unpaired) electrons. The molecule has 5 heteroatoms. The van der Waals surface area contributed by atoms with Crippen molar-refractivity contribution in [1.82, 2.24) is 0 Å². The summed E-state index contributed by atoms with van der Waals surface area (Å²) in [6.07, 6.45) is 10.9. The van der Waals surface area contributed by atoms with Crippen LogP contribution in [0.4, 0.5) is 0 Å². The summed E-state index contributed by atoms with van der Waals surface area (Å²) in [6, 6.07) is 3.36. The van der Waals surface area contributed by atoms with E-state index in [4.69, 9.17) is 6.57 Å². The lowest BCUT2D eigenvalue weighted by Crippen LogP contribution is -2.05. The van der Waals surface area contributed by atoms with Gasteiger partial charge in [-0.2, -0.15) is 0 Å². The Morgan fingerprint density at radius 1 is 1.27 bits per heavy atom. The summed E-state index contributed by atoms with van der Waals surface area (Å²) in [6.45, 7) is 7.57. The summed E-state index contributed by atoms with van der Waals surface area (Å²) in [5.74, 6) is 0. The molecular weight excluding hydrogens is 314 g/mol. The normalized spacial score (nSPS) is 20.5. The molecule has 0 saturated carbocycles. The van der Waals surface area contributed by atoms with Crippen LogP contribution in [0.15, 0.2) is 45.2 Å². The monoisotopic (exact) mass is 331 g/mol. The van der Waals surface area contributed by atoms with Gasteiger partial charge < -0.3 is 0 Å². The van der Waals surface area contributed by atoms with Gasteiger partial charge in [-0.25, -0.2) is 13.3 Å². The van der Waals surface area contributed by atoms with Crippen molar-refractivity contribution in [3.63, 3.8) is 0 Å². The Labute approximate surface area is 135 Å². The Balaban J connectivity index is 2.12. The first-order valence-corrected chi connectivity index (χ1v) is 10.0. The lowest BCUT2D eigenvalue weighted by atomic mass is 9.81. The van der Waals surface area contributed by atoms with Crippen LogP contribution in [0.5, 0.6) is 0 Å². The van der Waals surface area contributed by atoms with Crippen LogP contribution in [0.1, 0.15) is 37.0 Å². The molecule has 0 fully saturated rings. The van der Waals surface area contributed by atoms with E-state index in [1.165, 1.54) is 41.6 Å². The molecule has 1 heterocycles. The summed E-state index contributed by atoms with van der Waals surface area (Å²) < 4.78 is 23.6. The van der Waals surface area contributed by atoms with E-state index in [0.717, 1.165) is 29.7 Å². The second-order valence-electron chi connectivity index (χ2n) is 5.66. The Morgan fingerprint density at radius 3 is 2.73 bits per heavy atom. The molecule has 0 spiro atoms. The van der Waals surface area contributed by atoms with Crippen molar-refractivity contribution in [3.05, 3.63) is 57.3 Å². The molecule has 3 rings (SSSR count). The number of allylic oxidation sites excluding steroid dienone is 5. The molecule has 0 bridgehead atoms. The van der Waals surface area contributed by atoms with E-state index in [1.54, 1.807) is 12.1 Å². The molecule has 0 N–H and O–H groups in total. The van der Waals surface area contributed by atoms with Crippen LogP contribution in [-0.4, -0.2) is 14.7 Å². The molecule has 114 valence electrons. The highest BCUT2D eigenvalue weighted by Crippen LogP contribution is 2.40. The van der Waals surface area contributed by atoms with Crippen molar-refractivity contribution in [1.29, 1.82) is 0 Å². The number of hydrogen-bond acceptors (Lipinski definition) is 3. The van der Waals surface area contributed by atoms with Crippen LogP contribution in [0.3, 0.4) is 0 Å². The van der Waals surface area contributed by atoms with Gasteiger partial charge in [-0.05, 0) is 43.7 Å². The third kappa shape index (κ3) is 2.81. The molecule has 0 aliphatic heterocycles. The van der Waals surface area contributed by atoms with Gasteiger partial charge in [0.1, 0.15) is 4.21 Å². The van der Waals surface area contributed by atoms with Crippen LogP contribution in [0.2, 0.25) is 0 Å². The number of hydrogen-bond donors (Lipinski definition) is 0. The molecule has 0 unspecified atom stereocenters. The van der Waals surface area contributed by atoms with E-state index < -0.39 is 9.84 Å². The van der Waals surface area contributed by atoms with Crippen LogP contribution >= 0.6 is 11.3 Å². The second kappa shape index (κ2) is 5.86. The van der Waals surface area contributed by atoms with Gasteiger partial charge in [0.05, 0.1) is 6.57 Å². The van der Waals surface area contributed by atoms with Crippen molar-refractivity contribution in [2.45, 2.75) is 36.3 Å². The summed E-state index contributed by atoms with van der Waals surface area (Å²) in [5, 5.41) is 0. The molecule has 2 aliphatic rings. The number of rotatable bonds is 2. The first-order valence-electron chi connectivity index (χ1n) is 7.30. The summed E-state index contributed by atoms with van der Waals surface area (Å²) in [4.78, 5) is 4.47. The fourth-order valence-corrected chi connectivity index (χ4v) is 4.99. The van der Waals surface area contributed by atoms with Gasteiger partial charge in [0.25, 0.3) is 0 Å². The second-order valence-corrected chi connectivity index (χ2v) is 8.99. The van der Waals surface area contributed by atoms with Gasteiger partial charge in [0, 0.05) is 11.1 Å². The van der Waals surface area contributed by atoms with E-state index in [2.05, 4.69) is 10.9 Å². The van der Waals surface area contributed by atoms with E-state index in [1.807, 2.05) is 6.08 Å². The number of nitrogens with zero attached hydrogens (tertiary/aromatic N) is 1. The summed E-state index contributed by atoms with van der Waals surface area (Å²) in [7, 11) is -3.21. The van der Waals surface area contributed by atoms with Gasteiger partial charge in [-0.3, -0.25) is 0 Å². The minimum Gasteiger partial charge on any atom is -0.236 e. The Hall–Kier alpha value is -1.64. The van der Waals surface area contributed by atoms with E-state index in [-0.39, 0.29) is 0 Å². The lowest BCUT2D eigenvalue weighted by molar-refractivity contribution is 0.604. The van der Waals surface area contributed by atoms with E-state index in [0.29, 0.717) is 9.91 Å². The Bertz CT molecular complexity index is 845. The maximum Gasteiger partial charge on any atom is 0.211 e. The minimum atomic E-state index is -3.21. The van der Waals surface area contributed by atoms with Crippen molar-refractivity contribution < 1.29 is 8.42 Å². The van der Waals surface area contributed by atoms with Crippen LogP contribution in [-0.2, 0) is 9.84 Å². The average molecular weight is 331 g/mol. The Morgan fingerprint density at radius 2 is 2.05 bits per heavy atom. The fourth-order valence-electron chi connectivity index (χ4n) is 3.05. The van der Waals surface area contributed by atoms with Crippen LogP contribution in [0, 0.1) is 6.57 Å². The molecule has 22 heavy (non-hydrogen) atoms. The fraction of sp³-hybridized carbons (Fsp3) is 0.353. The van der Waals surface area contributed by atoms with Gasteiger partial charge in [0.2, 0.25) is 5.70 Å². The van der Waals surface area contributed by atoms with Crippen molar-refractivity contribution in [2.75, 3.05) is 6.26 Å². The van der Waals surface area contributed by atoms with Gasteiger partial charge in [0.15, 0.2) is 9.84 Å². The number of sulfone groups is 1. The zero-order valence-electron chi connectivity index (χ0n) is 12.4. The molecule has 0 amide bonds. The SMILES string of the molecule is [C-]#[N+]/C(=C1/C=CCC2=C1CCCC2)c1ccc(S(C)(=O)=O)s1. The first kappa shape index (κ1) is 15.3. The number of thiophene rings is 1. The van der Waals surface area contributed by atoms with Crippen molar-refractivity contribution in [2.24, 2.45) is 0 Å². The predicted molar refractivity (Wildman–Crippen MR) is 90.2 cm³/mol. The standard InChI is InChI=1S/C17H17NO2S2/c1-18-17(15-10-11-16(21-15)22(2,19)20)14-9-5-7-12-6-3-4-8-13(12)14/h5,9-11H,3-4,6-8H2,2H3/b17-14-. The molecule has 1 aromatic heterocycles. The minimum absolute atomic E-state index is 0.321. The lowest BCUT2D eigenvalue weighted by Gasteiger charge is -2.24. The summed E-state index contributed by atoms with van der Waals surface area (Å²) >= 11 is 1.19. The van der Waals surface area contributed by atoms with Gasteiger partial charge in [-0.15, -0.1) is 11.3 Å². The average Bonchev–Trinajstić information content (AvgIpc) is 2.98. The predicted octanol–water partition coefficient (Wildman–Crippen LogP) is 4.61. The van der Waals surface area contributed by atoms with E-state index in [9.17, 15) is 8.42 Å². The molecular formula is C17H17NO2S2. The van der Waals surface area contributed by atoms with Gasteiger partial charge in [-0.1, -0.05) is 29.4 Å². The first-order chi connectivity index (χ1) is 10.5. The maximum absolute atomic E-state index is 11.7. The molecule has 0 saturated heterocycles. The molecule has 0 atom stereocenters. The highest BCUT2D eigenvalue weighted by molar-refractivity contribution is 7.92. The highest BCUT2D eigenvalue weighted by Gasteiger charge is 2.22. The third-order valence-corrected chi connectivity index (χ3v) is 7.01. The zero-order valence-corrected chi connectivity index (χ0v) is 14.1. The maximum atomic E-state index is 11.7. The molecule has 3 nitrogen and oxygen atoms in total. The van der Waals surface area contributed by atoms with Crippen LogP contribution in [0.25, 0.3) is 10.5 Å². The smallest absolute Gasteiger partial charge is 0.211 e. The summed E-state index contributed by atoms with van der Waals surface area (Å²) in [5.41, 5.74) is 4.35. The molecule has 0 aromatic carbocycles. The quantitative estimate of drug-likeness (QED) is 0.742. The third-order valence-electron chi connectivity index (χ3n) is 4.10. The Kier molecular flexibility index (Phi) is 4.07. The van der Waals surface area contributed by atoms with E-state index >= 15 is 0 Å². The van der Waals surface area contributed by atoms with Crippen molar-refractivity contribution >= 4 is 26.9 Å². The zero-order chi connectivity index (χ0) is 15.7. The molecule has 2 aliphatic carbocycles.